The average molecular weight is 439 g/mol. The van der Waals surface area contributed by atoms with Gasteiger partial charge in [-0.3, -0.25) is 9.32 Å². The topological polar surface area (TPSA) is 113 Å². The van der Waals surface area contributed by atoms with Crippen LogP contribution in [0.4, 0.5) is 0 Å². The molecule has 0 bridgehead atoms. The van der Waals surface area contributed by atoms with Crippen LogP contribution in [0.5, 0.6) is 0 Å². The van der Waals surface area contributed by atoms with E-state index in [2.05, 4.69) is 11.4 Å². The number of phosphoric acid groups is 1. The highest BCUT2D eigenvalue weighted by Crippen LogP contribution is 2.35. The number of unbranched alkanes of at least 4 members (excludes halogenated alkanes) is 14. The molecule has 0 aromatic heterocycles. The van der Waals surface area contributed by atoms with E-state index >= 15 is 0 Å². The molecular formula is C21H43O7P. The maximum atomic E-state index is 11.6. The molecule has 0 heterocycles. The minimum atomic E-state index is -4.61. The van der Waals surface area contributed by atoms with Gasteiger partial charge in [-0.25, -0.2) is 4.57 Å². The molecule has 0 aromatic carbocycles. The first-order valence-electron chi connectivity index (χ1n) is 11.4. The van der Waals surface area contributed by atoms with E-state index in [-0.39, 0.29) is 6.61 Å². The van der Waals surface area contributed by atoms with Gasteiger partial charge in [0.2, 0.25) is 0 Å². The van der Waals surface area contributed by atoms with E-state index in [1.165, 1.54) is 77.0 Å². The second-order valence-electron chi connectivity index (χ2n) is 7.82. The van der Waals surface area contributed by atoms with E-state index in [4.69, 9.17) is 14.5 Å². The third kappa shape index (κ3) is 23.7. The van der Waals surface area contributed by atoms with Gasteiger partial charge in [-0.15, -0.1) is 0 Å². The second-order valence-corrected chi connectivity index (χ2v) is 9.06. The number of ether oxygens (including phenoxy) is 1. The fraction of sp³-hybridized carbons (Fsp3) is 0.952. The summed E-state index contributed by atoms with van der Waals surface area (Å²) in [5.74, 6) is -0.407. The molecule has 0 unspecified atom stereocenters. The van der Waals surface area contributed by atoms with Crippen LogP contribution < -0.4 is 0 Å². The number of hydrogen-bond acceptors (Lipinski definition) is 5. The lowest BCUT2D eigenvalue weighted by atomic mass is 10.0. The van der Waals surface area contributed by atoms with Gasteiger partial charge < -0.3 is 19.6 Å². The SMILES string of the molecule is CCCCCCCCCCCCCCCCCC(=O)OC[C@H](O)COP(=O)(O)O. The summed E-state index contributed by atoms with van der Waals surface area (Å²) in [6.45, 7) is 1.36. The number of hydrogen-bond donors (Lipinski definition) is 3. The molecular weight excluding hydrogens is 395 g/mol. The fourth-order valence-electron chi connectivity index (χ4n) is 3.13. The van der Waals surface area contributed by atoms with Crippen molar-refractivity contribution in [2.45, 2.75) is 116 Å². The normalized spacial score (nSPS) is 12.8. The quantitative estimate of drug-likeness (QED) is 0.127. The maximum Gasteiger partial charge on any atom is 0.469 e. The van der Waals surface area contributed by atoms with Crippen LogP contribution in [0.2, 0.25) is 0 Å². The molecule has 0 spiro atoms. The predicted octanol–water partition coefficient (Wildman–Crippen LogP) is 5.26. The molecule has 0 radical (unpaired) electrons. The van der Waals surface area contributed by atoms with Gasteiger partial charge in [0.15, 0.2) is 0 Å². The zero-order valence-corrected chi connectivity index (χ0v) is 19.1. The summed E-state index contributed by atoms with van der Waals surface area (Å²) in [6, 6.07) is 0. The van der Waals surface area contributed by atoms with E-state index in [1.54, 1.807) is 0 Å². The van der Waals surface area contributed by atoms with Gasteiger partial charge in [0.1, 0.15) is 12.7 Å². The summed E-state index contributed by atoms with van der Waals surface area (Å²) in [5, 5.41) is 9.42. The van der Waals surface area contributed by atoms with Crippen molar-refractivity contribution < 1.29 is 33.5 Å². The van der Waals surface area contributed by atoms with Gasteiger partial charge in [0, 0.05) is 6.42 Å². The summed E-state index contributed by atoms with van der Waals surface area (Å²) in [6.07, 6.45) is 18.0. The van der Waals surface area contributed by atoms with Crippen molar-refractivity contribution in [3.05, 3.63) is 0 Å². The Bertz CT molecular complexity index is 425. The molecule has 174 valence electrons. The van der Waals surface area contributed by atoms with Gasteiger partial charge in [0.25, 0.3) is 0 Å². The molecule has 0 fully saturated rings. The number of aliphatic hydroxyl groups is 1. The summed E-state index contributed by atoms with van der Waals surface area (Å²) in [7, 11) is -4.61. The molecule has 29 heavy (non-hydrogen) atoms. The highest BCUT2D eigenvalue weighted by atomic mass is 31.2. The first-order valence-corrected chi connectivity index (χ1v) is 12.9. The Hall–Kier alpha value is -0.460. The van der Waals surface area contributed by atoms with Crippen LogP contribution >= 0.6 is 7.82 Å². The number of esters is 1. The third-order valence-electron chi connectivity index (χ3n) is 4.86. The summed E-state index contributed by atoms with van der Waals surface area (Å²) in [5.41, 5.74) is 0. The zero-order valence-electron chi connectivity index (χ0n) is 18.2. The Kier molecular flexibility index (Phi) is 19.2. The number of aliphatic hydroxyl groups excluding tert-OH is 1. The van der Waals surface area contributed by atoms with Crippen molar-refractivity contribution in [3.8, 4) is 0 Å². The van der Waals surface area contributed by atoms with Crippen LogP contribution in [0.1, 0.15) is 110 Å². The summed E-state index contributed by atoms with van der Waals surface area (Å²) in [4.78, 5) is 28.6. The predicted molar refractivity (Wildman–Crippen MR) is 115 cm³/mol. The highest BCUT2D eigenvalue weighted by Gasteiger charge is 2.17. The molecule has 7 nitrogen and oxygen atoms in total. The summed E-state index contributed by atoms with van der Waals surface area (Å²) < 4.78 is 19.5. The molecule has 1 atom stereocenters. The first-order chi connectivity index (χ1) is 13.8. The van der Waals surface area contributed by atoms with Crippen molar-refractivity contribution in [2.24, 2.45) is 0 Å². The van der Waals surface area contributed by atoms with Crippen molar-refractivity contribution in [1.82, 2.24) is 0 Å². The molecule has 0 amide bonds. The average Bonchev–Trinajstić information content (AvgIpc) is 2.67. The standard InChI is InChI=1S/C21H43O7P/c1-2-3-4-5-6-7-8-9-10-11-12-13-14-15-16-17-21(23)27-18-20(22)19-28-29(24,25)26/h20,22H,2-19H2,1H3,(H2,24,25,26)/t20-/m0/s1. The second kappa shape index (κ2) is 19.5. The van der Waals surface area contributed by atoms with Crippen LogP contribution in [-0.2, 0) is 18.6 Å². The molecule has 0 aliphatic rings. The van der Waals surface area contributed by atoms with Crippen LogP contribution in [-0.4, -0.2) is 40.2 Å². The molecule has 3 N–H and O–H groups in total. The van der Waals surface area contributed by atoms with Crippen molar-refractivity contribution in [1.29, 1.82) is 0 Å². The van der Waals surface area contributed by atoms with Gasteiger partial charge in [0.05, 0.1) is 6.61 Å². The number of rotatable bonds is 21. The van der Waals surface area contributed by atoms with Crippen LogP contribution in [0.3, 0.4) is 0 Å². The molecule has 8 heteroatoms. The van der Waals surface area contributed by atoms with E-state index in [9.17, 15) is 14.5 Å². The molecule has 0 aromatic rings. The molecule has 0 rings (SSSR count). The lowest BCUT2D eigenvalue weighted by molar-refractivity contribution is -0.147. The molecule has 0 saturated heterocycles. The van der Waals surface area contributed by atoms with Crippen molar-refractivity contribution in [3.63, 3.8) is 0 Å². The molecule has 0 aliphatic heterocycles. The summed E-state index contributed by atoms with van der Waals surface area (Å²) >= 11 is 0. The van der Waals surface area contributed by atoms with Crippen molar-refractivity contribution >= 4 is 13.8 Å². The van der Waals surface area contributed by atoms with E-state index in [0.717, 1.165) is 19.3 Å². The maximum absolute atomic E-state index is 11.6. The highest BCUT2D eigenvalue weighted by molar-refractivity contribution is 7.46. The third-order valence-corrected chi connectivity index (χ3v) is 5.34. The van der Waals surface area contributed by atoms with Gasteiger partial charge in [-0.1, -0.05) is 96.8 Å². The van der Waals surface area contributed by atoms with Crippen LogP contribution in [0.25, 0.3) is 0 Å². The Morgan fingerprint density at radius 1 is 0.759 bits per heavy atom. The van der Waals surface area contributed by atoms with Gasteiger partial charge in [-0.05, 0) is 6.42 Å². The van der Waals surface area contributed by atoms with Crippen molar-refractivity contribution in [2.75, 3.05) is 13.2 Å². The Balaban J connectivity index is 3.29. The Labute approximate surface area is 176 Å². The lowest BCUT2D eigenvalue weighted by Crippen LogP contribution is -2.23. The largest absolute Gasteiger partial charge is 0.469 e. The zero-order chi connectivity index (χ0) is 21.8. The monoisotopic (exact) mass is 438 g/mol. The van der Waals surface area contributed by atoms with Crippen LogP contribution in [0, 0.1) is 0 Å². The Morgan fingerprint density at radius 2 is 1.17 bits per heavy atom. The van der Waals surface area contributed by atoms with Gasteiger partial charge in [-0.2, -0.15) is 0 Å². The number of carbonyl (C=O) groups is 1. The lowest BCUT2D eigenvalue weighted by Gasteiger charge is -2.12. The van der Waals surface area contributed by atoms with E-state index in [1.807, 2.05) is 0 Å². The molecule has 0 saturated carbocycles. The van der Waals surface area contributed by atoms with E-state index in [0.29, 0.717) is 6.42 Å². The van der Waals surface area contributed by atoms with E-state index < -0.39 is 26.5 Å². The minimum absolute atomic E-state index is 0.296. The number of carbonyl (C=O) groups excluding carboxylic acids is 1. The first kappa shape index (κ1) is 28.5. The minimum Gasteiger partial charge on any atom is -0.463 e. The number of phosphoric ester groups is 1. The Morgan fingerprint density at radius 3 is 1.59 bits per heavy atom. The fourth-order valence-corrected chi connectivity index (χ4v) is 3.50. The van der Waals surface area contributed by atoms with Crippen LogP contribution in [0.15, 0.2) is 0 Å². The smallest absolute Gasteiger partial charge is 0.463 e. The van der Waals surface area contributed by atoms with Gasteiger partial charge >= 0.3 is 13.8 Å². The molecule has 0 aliphatic carbocycles.